The van der Waals surface area contributed by atoms with E-state index in [1.54, 1.807) is 4.90 Å². The van der Waals surface area contributed by atoms with Crippen LogP contribution in [0.15, 0.2) is 18.2 Å². The maximum absolute atomic E-state index is 13.1. The van der Waals surface area contributed by atoms with E-state index < -0.39 is 6.04 Å². The second kappa shape index (κ2) is 5.62. The molecule has 4 heterocycles. The van der Waals surface area contributed by atoms with E-state index in [2.05, 4.69) is 16.0 Å². The molecule has 0 radical (unpaired) electrons. The molecule has 1 unspecified atom stereocenters. The second-order valence-corrected chi connectivity index (χ2v) is 7.97. The maximum Gasteiger partial charge on any atom is 0.255 e. The largest absolute Gasteiger partial charge is 0.322 e. The zero-order valence-electron chi connectivity index (χ0n) is 14.5. The SMILES string of the molecule is O=C1CCC(N2Cc3cccc(CNC45CNC(C4)C5)c3C2=O)C(=O)N1. The fourth-order valence-corrected chi connectivity index (χ4v) is 4.84. The van der Waals surface area contributed by atoms with E-state index in [0.29, 0.717) is 25.6 Å². The van der Waals surface area contributed by atoms with Gasteiger partial charge in [-0.15, -0.1) is 0 Å². The number of amides is 3. The van der Waals surface area contributed by atoms with E-state index in [1.165, 1.54) is 0 Å². The van der Waals surface area contributed by atoms with Crippen LogP contribution in [0.2, 0.25) is 0 Å². The van der Waals surface area contributed by atoms with Gasteiger partial charge in [-0.2, -0.15) is 0 Å². The molecule has 1 aromatic carbocycles. The molecule has 7 heteroatoms. The van der Waals surface area contributed by atoms with Gasteiger partial charge < -0.3 is 15.5 Å². The van der Waals surface area contributed by atoms with E-state index in [9.17, 15) is 14.4 Å². The van der Waals surface area contributed by atoms with Gasteiger partial charge in [0.25, 0.3) is 5.91 Å². The Hall–Kier alpha value is -2.25. The Kier molecular flexibility index (Phi) is 3.45. The predicted octanol–water partition coefficient (Wildman–Crippen LogP) is 0.0416. The van der Waals surface area contributed by atoms with E-state index in [0.717, 1.165) is 36.1 Å². The molecule has 1 saturated carbocycles. The first kappa shape index (κ1) is 16.0. The monoisotopic (exact) mass is 354 g/mol. The molecular weight excluding hydrogens is 332 g/mol. The summed E-state index contributed by atoms with van der Waals surface area (Å²) in [5, 5.41) is 9.47. The number of nitrogens with zero attached hydrogens (tertiary/aromatic N) is 1. The standard InChI is InChI=1S/C19H22N4O3/c24-15-5-4-14(17(25)22-15)23-9-12-3-1-2-11(16(12)18(23)26)8-21-19-6-13(7-19)20-10-19/h1-3,13-14,20-21H,4-10H2,(H,22,24,25). The van der Waals surface area contributed by atoms with Gasteiger partial charge in [0.2, 0.25) is 11.8 Å². The summed E-state index contributed by atoms with van der Waals surface area (Å²) in [6, 6.07) is 6.02. The Morgan fingerprint density at radius 3 is 2.81 bits per heavy atom. The van der Waals surface area contributed by atoms with Gasteiger partial charge in [-0.3, -0.25) is 19.7 Å². The molecule has 136 valence electrons. The zero-order chi connectivity index (χ0) is 17.9. The van der Waals surface area contributed by atoms with Gasteiger partial charge in [0.15, 0.2) is 0 Å². The fourth-order valence-electron chi connectivity index (χ4n) is 4.84. The first-order valence-corrected chi connectivity index (χ1v) is 9.28. The summed E-state index contributed by atoms with van der Waals surface area (Å²) in [7, 11) is 0. The zero-order valence-corrected chi connectivity index (χ0v) is 14.5. The molecule has 1 atom stereocenters. The summed E-state index contributed by atoms with van der Waals surface area (Å²) >= 11 is 0. The van der Waals surface area contributed by atoms with Crippen molar-refractivity contribution >= 4 is 17.7 Å². The van der Waals surface area contributed by atoms with Gasteiger partial charge in [-0.05, 0) is 30.4 Å². The number of carbonyl (C=O) groups is 3. The molecule has 0 spiro atoms. The molecule has 3 amide bonds. The molecule has 1 aliphatic carbocycles. The minimum atomic E-state index is -0.557. The van der Waals surface area contributed by atoms with Crippen LogP contribution in [0, 0.1) is 0 Å². The van der Waals surface area contributed by atoms with Crippen LogP contribution in [0.1, 0.15) is 47.2 Å². The van der Waals surface area contributed by atoms with Crippen molar-refractivity contribution in [2.24, 2.45) is 0 Å². The minimum absolute atomic E-state index is 0.0968. The van der Waals surface area contributed by atoms with Gasteiger partial charge in [-0.1, -0.05) is 18.2 Å². The number of imide groups is 1. The number of piperidine rings is 1. The highest BCUT2D eigenvalue weighted by Gasteiger charge is 2.50. The number of benzene rings is 1. The third-order valence-corrected chi connectivity index (χ3v) is 6.30. The van der Waals surface area contributed by atoms with Crippen molar-refractivity contribution in [1.82, 2.24) is 20.9 Å². The van der Waals surface area contributed by atoms with Crippen molar-refractivity contribution in [3.63, 3.8) is 0 Å². The number of hydrogen-bond donors (Lipinski definition) is 3. The van der Waals surface area contributed by atoms with Crippen LogP contribution in [0.4, 0.5) is 0 Å². The Balaban J connectivity index is 1.35. The molecule has 0 aromatic heterocycles. The van der Waals surface area contributed by atoms with Crippen molar-refractivity contribution in [3.05, 3.63) is 34.9 Å². The van der Waals surface area contributed by atoms with Gasteiger partial charge >= 0.3 is 0 Å². The van der Waals surface area contributed by atoms with Gasteiger partial charge in [0.05, 0.1) is 0 Å². The Morgan fingerprint density at radius 2 is 2.08 bits per heavy atom. The van der Waals surface area contributed by atoms with E-state index in [-0.39, 0.29) is 29.7 Å². The summed E-state index contributed by atoms with van der Waals surface area (Å²) in [6.45, 7) is 2.08. The van der Waals surface area contributed by atoms with E-state index >= 15 is 0 Å². The quantitative estimate of drug-likeness (QED) is 0.665. The summed E-state index contributed by atoms with van der Waals surface area (Å²) in [5.41, 5.74) is 2.86. The molecule has 5 aliphatic rings. The fraction of sp³-hybridized carbons (Fsp3) is 0.526. The Bertz CT molecular complexity index is 809. The summed E-state index contributed by atoms with van der Waals surface area (Å²) < 4.78 is 0. The third-order valence-electron chi connectivity index (χ3n) is 6.30. The van der Waals surface area contributed by atoms with Crippen LogP contribution in [-0.4, -0.2) is 46.8 Å². The average Bonchev–Trinajstić information content (AvgIpc) is 3.27. The van der Waals surface area contributed by atoms with Crippen molar-refractivity contribution in [2.45, 2.75) is 56.4 Å². The smallest absolute Gasteiger partial charge is 0.255 e. The Labute approximate surface area is 151 Å². The highest BCUT2D eigenvalue weighted by molar-refractivity contribution is 6.05. The second-order valence-electron chi connectivity index (χ2n) is 7.97. The number of hydrogen-bond acceptors (Lipinski definition) is 5. The molecule has 7 nitrogen and oxygen atoms in total. The lowest BCUT2D eigenvalue weighted by molar-refractivity contribution is -0.136. The van der Waals surface area contributed by atoms with Gasteiger partial charge in [0.1, 0.15) is 6.04 Å². The van der Waals surface area contributed by atoms with Crippen molar-refractivity contribution in [3.8, 4) is 0 Å². The molecule has 4 fully saturated rings. The van der Waals surface area contributed by atoms with Crippen molar-refractivity contribution in [1.29, 1.82) is 0 Å². The van der Waals surface area contributed by atoms with E-state index in [1.807, 2.05) is 18.2 Å². The lowest BCUT2D eigenvalue weighted by Gasteiger charge is -2.38. The minimum Gasteiger partial charge on any atom is -0.322 e. The third kappa shape index (κ3) is 2.38. The molecule has 3 N–H and O–H groups in total. The number of fused-ring (bicyclic) bond motifs is 2. The highest BCUT2D eigenvalue weighted by atomic mass is 16.2. The van der Waals surface area contributed by atoms with Crippen LogP contribution < -0.4 is 16.0 Å². The maximum atomic E-state index is 13.1. The number of carbonyl (C=O) groups excluding carboxylic acids is 3. The van der Waals surface area contributed by atoms with Crippen LogP contribution in [0.25, 0.3) is 0 Å². The van der Waals surface area contributed by atoms with E-state index in [4.69, 9.17) is 0 Å². The number of rotatable bonds is 4. The molecule has 3 saturated heterocycles. The summed E-state index contributed by atoms with van der Waals surface area (Å²) in [6.07, 6.45) is 2.98. The first-order chi connectivity index (χ1) is 12.5. The van der Waals surface area contributed by atoms with Crippen LogP contribution in [-0.2, 0) is 22.7 Å². The summed E-state index contributed by atoms with van der Waals surface area (Å²) in [4.78, 5) is 38.2. The van der Waals surface area contributed by atoms with Gasteiger partial charge in [-0.25, -0.2) is 0 Å². The molecule has 26 heavy (non-hydrogen) atoms. The van der Waals surface area contributed by atoms with Gasteiger partial charge in [0, 0.05) is 43.2 Å². The first-order valence-electron chi connectivity index (χ1n) is 9.28. The normalized spacial score (nSPS) is 32.5. The topological polar surface area (TPSA) is 90.5 Å². The lowest BCUT2D eigenvalue weighted by Crippen LogP contribution is -2.53. The molecule has 6 rings (SSSR count). The average molecular weight is 354 g/mol. The number of nitrogens with one attached hydrogen (secondary N) is 3. The Morgan fingerprint density at radius 1 is 1.23 bits per heavy atom. The van der Waals surface area contributed by atoms with Crippen LogP contribution in [0.5, 0.6) is 0 Å². The van der Waals surface area contributed by atoms with Crippen molar-refractivity contribution in [2.75, 3.05) is 6.54 Å². The molecule has 1 aromatic rings. The van der Waals surface area contributed by atoms with Crippen LogP contribution in [0.3, 0.4) is 0 Å². The predicted molar refractivity (Wildman–Crippen MR) is 93.1 cm³/mol. The molecular formula is C19H22N4O3. The van der Waals surface area contributed by atoms with Crippen LogP contribution >= 0.6 is 0 Å². The van der Waals surface area contributed by atoms with Crippen molar-refractivity contribution < 1.29 is 14.4 Å². The molecule has 2 bridgehead atoms. The highest BCUT2D eigenvalue weighted by Crippen LogP contribution is 2.38. The molecule has 4 aliphatic heterocycles. The lowest BCUT2D eigenvalue weighted by atomic mass is 9.78. The summed E-state index contributed by atoms with van der Waals surface area (Å²) in [5.74, 6) is -0.720.